The Hall–Kier alpha value is -4.52. The van der Waals surface area contributed by atoms with Crippen molar-refractivity contribution >= 4 is 27.3 Å². The van der Waals surface area contributed by atoms with Crippen LogP contribution in [0.25, 0.3) is 44.3 Å². The van der Waals surface area contributed by atoms with Crippen LogP contribution in [0.3, 0.4) is 0 Å². The molecular formula is C28H23FN3O3+. The molecule has 174 valence electrons. The van der Waals surface area contributed by atoms with E-state index in [2.05, 4.69) is 27.6 Å². The Morgan fingerprint density at radius 2 is 1.54 bits per heavy atom. The summed E-state index contributed by atoms with van der Waals surface area (Å²) in [5, 5.41) is 2.27. The van der Waals surface area contributed by atoms with Crippen LogP contribution in [0.5, 0.6) is 17.2 Å². The molecule has 0 amide bonds. The fourth-order valence-electron chi connectivity index (χ4n) is 4.81. The van der Waals surface area contributed by atoms with Gasteiger partial charge in [-0.3, -0.25) is 0 Å². The zero-order valence-corrected chi connectivity index (χ0v) is 19.5. The number of aromatic amines is 1. The highest BCUT2D eigenvalue weighted by atomic mass is 19.1. The number of ether oxygens (including phenoxy) is 3. The number of imidazole rings is 1. The molecule has 6 rings (SSSR count). The number of H-pyrrole nitrogens is 1. The van der Waals surface area contributed by atoms with Crippen molar-refractivity contribution in [3.8, 4) is 34.2 Å². The molecule has 0 saturated heterocycles. The molecule has 7 heteroatoms. The van der Waals surface area contributed by atoms with Crippen LogP contribution in [0.1, 0.15) is 0 Å². The van der Waals surface area contributed by atoms with Gasteiger partial charge in [-0.1, -0.05) is 18.2 Å². The van der Waals surface area contributed by atoms with Gasteiger partial charge in [0, 0.05) is 21.9 Å². The van der Waals surface area contributed by atoms with Crippen LogP contribution in [0.4, 0.5) is 4.39 Å². The Labute approximate surface area is 200 Å². The molecular weight excluding hydrogens is 445 g/mol. The summed E-state index contributed by atoms with van der Waals surface area (Å²) in [5.41, 5.74) is 5.60. The third-order valence-electron chi connectivity index (χ3n) is 6.39. The van der Waals surface area contributed by atoms with Crippen LogP contribution in [-0.2, 0) is 0 Å². The third kappa shape index (κ3) is 3.19. The van der Waals surface area contributed by atoms with E-state index in [9.17, 15) is 4.39 Å². The summed E-state index contributed by atoms with van der Waals surface area (Å²) in [5.74, 6) is 1.34. The van der Waals surface area contributed by atoms with Gasteiger partial charge in [-0.15, -0.1) is 0 Å². The van der Waals surface area contributed by atoms with Crippen LogP contribution in [0.2, 0.25) is 0 Å². The lowest BCUT2D eigenvalue weighted by Gasteiger charge is -2.13. The van der Waals surface area contributed by atoms with Gasteiger partial charge >= 0.3 is 0 Å². The van der Waals surface area contributed by atoms with Crippen LogP contribution < -0.4 is 18.6 Å². The predicted molar refractivity (Wildman–Crippen MR) is 133 cm³/mol. The highest BCUT2D eigenvalue weighted by Crippen LogP contribution is 2.43. The minimum absolute atomic E-state index is 0.287. The smallest absolute Gasteiger partial charge is 0.254 e. The average Bonchev–Trinajstić information content (AvgIpc) is 3.47. The van der Waals surface area contributed by atoms with E-state index in [1.807, 2.05) is 41.4 Å². The number of fused-ring (bicyclic) bond motifs is 5. The molecule has 0 radical (unpaired) electrons. The Morgan fingerprint density at radius 1 is 0.829 bits per heavy atom. The lowest BCUT2D eigenvalue weighted by atomic mass is 10.1. The summed E-state index contributed by atoms with van der Waals surface area (Å²) in [4.78, 5) is 3.60. The minimum Gasteiger partial charge on any atom is -0.493 e. The lowest BCUT2D eigenvalue weighted by Crippen LogP contribution is -2.17. The Balaban J connectivity index is 1.77. The lowest BCUT2D eigenvalue weighted by molar-refractivity contribution is -0.510. The summed E-state index contributed by atoms with van der Waals surface area (Å²) in [6, 6.07) is 20.7. The fourth-order valence-corrected chi connectivity index (χ4v) is 4.81. The van der Waals surface area contributed by atoms with Gasteiger partial charge in [0.15, 0.2) is 17.2 Å². The minimum atomic E-state index is -0.287. The summed E-state index contributed by atoms with van der Waals surface area (Å²) in [6.45, 7) is 0. The van der Waals surface area contributed by atoms with Gasteiger partial charge < -0.3 is 19.2 Å². The largest absolute Gasteiger partial charge is 0.493 e. The van der Waals surface area contributed by atoms with E-state index < -0.39 is 0 Å². The molecule has 0 unspecified atom stereocenters. The molecule has 0 aliphatic heterocycles. The number of nitrogens with zero attached hydrogens (tertiary/aromatic N) is 2. The number of nitrogens with one attached hydrogen (secondary N) is 1. The number of hydrogen-bond acceptors (Lipinski definition) is 3. The standard InChI is InChI=1S/C28H23FN3O3/c1-33-23-14-17(15-24(34-2)28(23)35-3)26-27-25-21(20-6-4-5-7-22(20)30-25)12-13-31(27)16-32(26)19-10-8-18(29)9-11-19/h4-16,30H,1-3H3/q+1. The molecule has 0 bridgehead atoms. The zero-order valence-electron chi connectivity index (χ0n) is 19.5. The number of methoxy groups -OCH3 is 3. The van der Waals surface area contributed by atoms with E-state index in [0.29, 0.717) is 17.2 Å². The summed E-state index contributed by atoms with van der Waals surface area (Å²) in [7, 11) is 4.78. The second-order valence-corrected chi connectivity index (χ2v) is 8.26. The first kappa shape index (κ1) is 21.0. The van der Waals surface area contributed by atoms with Gasteiger partial charge in [-0.2, -0.15) is 8.97 Å². The van der Waals surface area contributed by atoms with Crippen LogP contribution in [-0.4, -0.2) is 30.9 Å². The van der Waals surface area contributed by atoms with E-state index in [1.165, 1.54) is 12.1 Å². The van der Waals surface area contributed by atoms with Crippen molar-refractivity contribution in [3.63, 3.8) is 0 Å². The summed E-state index contributed by atoms with van der Waals surface area (Å²) < 4.78 is 34.7. The third-order valence-corrected chi connectivity index (χ3v) is 6.39. The van der Waals surface area contributed by atoms with E-state index >= 15 is 0 Å². The molecule has 0 saturated carbocycles. The highest BCUT2D eigenvalue weighted by Gasteiger charge is 2.27. The van der Waals surface area contributed by atoms with Gasteiger partial charge in [0.2, 0.25) is 11.3 Å². The van der Waals surface area contributed by atoms with E-state index in [0.717, 1.165) is 44.3 Å². The molecule has 0 aliphatic carbocycles. The first-order chi connectivity index (χ1) is 17.1. The number of benzene rings is 3. The van der Waals surface area contributed by atoms with Crippen LogP contribution in [0.15, 0.2) is 79.3 Å². The number of halogens is 1. The monoisotopic (exact) mass is 468 g/mol. The molecule has 3 heterocycles. The topological polar surface area (TPSA) is 52.5 Å². The maximum atomic E-state index is 13.8. The fraction of sp³-hybridized carbons (Fsp3) is 0.107. The number of aromatic nitrogens is 3. The zero-order chi connectivity index (χ0) is 24.1. The molecule has 0 atom stereocenters. The SMILES string of the molecule is COc1cc(-c2c3c4[nH]c5ccccc5c4cc[n+]3cn2-c2ccc(F)cc2)cc(OC)c1OC. The van der Waals surface area contributed by atoms with Crippen molar-refractivity contribution < 1.29 is 23.0 Å². The van der Waals surface area contributed by atoms with E-state index in [4.69, 9.17) is 14.2 Å². The quantitative estimate of drug-likeness (QED) is 0.331. The maximum Gasteiger partial charge on any atom is 0.254 e. The molecule has 0 fully saturated rings. The second-order valence-electron chi connectivity index (χ2n) is 8.26. The van der Waals surface area contributed by atoms with E-state index in [1.54, 1.807) is 33.5 Å². The van der Waals surface area contributed by atoms with Crippen molar-refractivity contribution in [2.75, 3.05) is 21.3 Å². The van der Waals surface area contributed by atoms with Crippen molar-refractivity contribution in [1.29, 1.82) is 0 Å². The van der Waals surface area contributed by atoms with Crippen molar-refractivity contribution in [2.24, 2.45) is 0 Å². The van der Waals surface area contributed by atoms with Crippen molar-refractivity contribution in [3.05, 3.63) is 85.1 Å². The summed E-state index contributed by atoms with van der Waals surface area (Å²) in [6.07, 6.45) is 4.03. The van der Waals surface area contributed by atoms with Crippen LogP contribution >= 0.6 is 0 Å². The normalized spacial score (nSPS) is 11.4. The molecule has 6 nitrogen and oxygen atoms in total. The maximum absolute atomic E-state index is 13.8. The first-order valence-electron chi connectivity index (χ1n) is 11.1. The molecule has 6 aromatic rings. The van der Waals surface area contributed by atoms with E-state index in [-0.39, 0.29) is 5.82 Å². The summed E-state index contributed by atoms with van der Waals surface area (Å²) >= 11 is 0. The number of pyridine rings is 1. The molecule has 3 aromatic heterocycles. The average molecular weight is 469 g/mol. The molecule has 0 aliphatic rings. The predicted octanol–water partition coefficient (Wildman–Crippen LogP) is 5.68. The second kappa shape index (κ2) is 8.06. The van der Waals surface area contributed by atoms with Gasteiger partial charge in [0.05, 0.1) is 33.0 Å². The van der Waals surface area contributed by atoms with Crippen molar-refractivity contribution in [2.45, 2.75) is 0 Å². The Bertz CT molecular complexity index is 1690. The highest BCUT2D eigenvalue weighted by molar-refractivity contribution is 6.13. The van der Waals surface area contributed by atoms with Gasteiger partial charge in [0.1, 0.15) is 11.5 Å². The number of hydrogen-bond donors (Lipinski definition) is 1. The van der Waals surface area contributed by atoms with Gasteiger partial charge in [-0.05, 0) is 48.5 Å². The van der Waals surface area contributed by atoms with Gasteiger partial charge in [0.25, 0.3) is 6.33 Å². The van der Waals surface area contributed by atoms with Crippen molar-refractivity contribution in [1.82, 2.24) is 9.55 Å². The Kier molecular flexibility index (Phi) is 4.84. The molecule has 0 spiro atoms. The first-order valence-corrected chi connectivity index (χ1v) is 11.1. The molecule has 35 heavy (non-hydrogen) atoms. The molecule has 3 aromatic carbocycles. The van der Waals surface area contributed by atoms with Gasteiger partial charge in [-0.25, -0.2) is 4.39 Å². The Morgan fingerprint density at radius 3 is 2.23 bits per heavy atom. The molecule has 1 N–H and O–H groups in total. The van der Waals surface area contributed by atoms with Crippen LogP contribution in [0, 0.1) is 5.82 Å². The number of para-hydroxylation sites is 1. The number of rotatable bonds is 5.